The summed E-state index contributed by atoms with van der Waals surface area (Å²) in [4.78, 5) is 23.3. The molecule has 2 aromatic rings. The van der Waals surface area contributed by atoms with Crippen LogP contribution in [0.3, 0.4) is 0 Å². The van der Waals surface area contributed by atoms with Crippen LogP contribution in [0.1, 0.15) is 48.2 Å². The van der Waals surface area contributed by atoms with Gasteiger partial charge in [-0.25, -0.2) is 9.97 Å². The zero-order chi connectivity index (χ0) is 17.5. The summed E-state index contributed by atoms with van der Waals surface area (Å²) in [6.07, 6.45) is 5.28. The summed E-state index contributed by atoms with van der Waals surface area (Å²) in [6.45, 7) is 10.1. The van der Waals surface area contributed by atoms with Gasteiger partial charge in [-0.15, -0.1) is 0 Å². The molecule has 5 heteroatoms. The van der Waals surface area contributed by atoms with Gasteiger partial charge in [-0.2, -0.15) is 0 Å². The van der Waals surface area contributed by atoms with E-state index in [1.165, 1.54) is 0 Å². The van der Waals surface area contributed by atoms with Crippen LogP contribution in [-0.4, -0.2) is 29.0 Å². The van der Waals surface area contributed by atoms with Crippen molar-refractivity contribution in [3.63, 3.8) is 0 Å². The van der Waals surface area contributed by atoms with Crippen LogP contribution >= 0.6 is 0 Å². The van der Waals surface area contributed by atoms with E-state index in [0.717, 1.165) is 42.7 Å². The number of para-hydroxylation sites is 1. The summed E-state index contributed by atoms with van der Waals surface area (Å²) in [5, 5.41) is 2.96. The zero-order valence-electron chi connectivity index (χ0n) is 15.0. The van der Waals surface area contributed by atoms with E-state index in [1.807, 2.05) is 32.0 Å². The molecule has 24 heavy (non-hydrogen) atoms. The standard InChI is InChI=1S/C19H26N4O/c1-5-10-23(11-6-2)19-20-12-16(13-21-19)18(24)22-17-14(3)8-7-9-15(17)4/h7-9,12-13H,5-6,10-11H2,1-4H3,(H,22,24). The highest BCUT2D eigenvalue weighted by Crippen LogP contribution is 2.20. The average molecular weight is 326 g/mol. The van der Waals surface area contributed by atoms with Gasteiger partial charge in [0.15, 0.2) is 0 Å². The zero-order valence-corrected chi connectivity index (χ0v) is 15.0. The van der Waals surface area contributed by atoms with Gasteiger partial charge in [-0.1, -0.05) is 32.0 Å². The second-order valence-corrected chi connectivity index (χ2v) is 5.98. The number of carbonyl (C=O) groups excluding carboxylic acids is 1. The molecule has 0 spiro atoms. The molecule has 0 bridgehead atoms. The predicted octanol–water partition coefficient (Wildman–Crippen LogP) is 3.97. The lowest BCUT2D eigenvalue weighted by atomic mass is 10.1. The Labute approximate surface area is 144 Å². The number of rotatable bonds is 7. The average Bonchev–Trinajstić information content (AvgIpc) is 2.58. The first-order chi connectivity index (χ1) is 11.6. The second kappa shape index (κ2) is 8.43. The fourth-order valence-electron chi connectivity index (χ4n) is 2.65. The molecule has 1 amide bonds. The van der Waals surface area contributed by atoms with E-state index in [4.69, 9.17) is 0 Å². The number of hydrogen-bond acceptors (Lipinski definition) is 4. The lowest BCUT2D eigenvalue weighted by Crippen LogP contribution is -2.27. The van der Waals surface area contributed by atoms with E-state index < -0.39 is 0 Å². The molecule has 5 nitrogen and oxygen atoms in total. The molecule has 0 unspecified atom stereocenters. The third-order valence-corrected chi connectivity index (χ3v) is 3.89. The quantitative estimate of drug-likeness (QED) is 0.836. The Morgan fingerprint density at radius 2 is 1.58 bits per heavy atom. The van der Waals surface area contributed by atoms with Crippen LogP contribution in [0, 0.1) is 13.8 Å². The molecule has 128 valence electrons. The second-order valence-electron chi connectivity index (χ2n) is 5.98. The number of nitrogens with one attached hydrogen (secondary N) is 1. The molecule has 1 aromatic carbocycles. The van der Waals surface area contributed by atoms with Crippen molar-refractivity contribution >= 4 is 17.5 Å². The first-order valence-electron chi connectivity index (χ1n) is 8.51. The molecule has 0 fully saturated rings. The first kappa shape index (κ1) is 17.9. The lowest BCUT2D eigenvalue weighted by Gasteiger charge is -2.21. The fraction of sp³-hybridized carbons (Fsp3) is 0.421. The summed E-state index contributed by atoms with van der Waals surface area (Å²) < 4.78 is 0. The van der Waals surface area contributed by atoms with E-state index in [2.05, 4.69) is 34.0 Å². The van der Waals surface area contributed by atoms with Crippen LogP contribution in [0.15, 0.2) is 30.6 Å². The summed E-state index contributed by atoms with van der Waals surface area (Å²) in [5.41, 5.74) is 3.40. The number of benzene rings is 1. The van der Waals surface area contributed by atoms with Gasteiger partial charge in [0.25, 0.3) is 5.91 Å². The number of amides is 1. The van der Waals surface area contributed by atoms with Gasteiger partial charge in [0.05, 0.1) is 5.56 Å². The molecule has 0 atom stereocenters. The number of nitrogens with zero attached hydrogens (tertiary/aromatic N) is 3. The number of aryl methyl sites for hydroxylation is 2. The Bertz CT molecular complexity index is 656. The van der Waals surface area contributed by atoms with Crippen molar-refractivity contribution < 1.29 is 4.79 Å². The maximum atomic E-state index is 12.4. The Kier molecular flexibility index (Phi) is 6.29. The van der Waals surface area contributed by atoms with E-state index >= 15 is 0 Å². The number of aromatic nitrogens is 2. The van der Waals surface area contributed by atoms with Gasteiger partial charge < -0.3 is 10.2 Å². The molecule has 1 N–H and O–H groups in total. The molecule has 0 radical (unpaired) electrons. The number of hydrogen-bond donors (Lipinski definition) is 1. The van der Waals surface area contributed by atoms with E-state index in [-0.39, 0.29) is 5.91 Å². The topological polar surface area (TPSA) is 58.1 Å². The molecular formula is C19H26N4O. The van der Waals surface area contributed by atoms with E-state index in [1.54, 1.807) is 12.4 Å². The summed E-state index contributed by atoms with van der Waals surface area (Å²) in [5.74, 6) is 0.499. The molecule has 0 aliphatic heterocycles. The van der Waals surface area contributed by atoms with Gasteiger partial charge in [-0.3, -0.25) is 4.79 Å². The predicted molar refractivity (Wildman–Crippen MR) is 98.7 cm³/mol. The van der Waals surface area contributed by atoms with Crippen LogP contribution in [0.4, 0.5) is 11.6 Å². The van der Waals surface area contributed by atoms with Gasteiger partial charge in [0.1, 0.15) is 0 Å². The minimum atomic E-state index is -0.184. The lowest BCUT2D eigenvalue weighted by molar-refractivity contribution is 0.102. The van der Waals surface area contributed by atoms with Crippen LogP contribution in [0.25, 0.3) is 0 Å². The van der Waals surface area contributed by atoms with Gasteiger partial charge >= 0.3 is 0 Å². The van der Waals surface area contributed by atoms with Crippen molar-refractivity contribution in [3.8, 4) is 0 Å². The summed E-state index contributed by atoms with van der Waals surface area (Å²) >= 11 is 0. The monoisotopic (exact) mass is 326 g/mol. The molecule has 0 aliphatic rings. The minimum Gasteiger partial charge on any atom is -0.341 e. The highest BCUT2D eigenvalue weighted by Gasteiger charge is 2.12. The molecule has 2 rings (SSSR count). The normalized spacial score (nSPS) is 10.5. The van der Waals surface area contributed by atoms with Crippen molar-refractivity contribution in [2.75, 3.05) is 23.3 Å². The Morgan fingerprint density at radius 1 is 1.04 bits per heavy atom. The van der Waals surface area contributed by atoms with E-state index in [0.29, 0.717) is 11.5 Å². The number of carbonyl (C=O) groups is 1. The van der Waals surface area contributed by atoms with Crippen molar-refractivity contribution in [2.24, 2.45) is 0 Å². The van der Waals surface area contributed by atoms with Crippen molar-refractivity contribution in [1.29, 1.82) is 0 Å². The smallest absolute Gasteiger partial charge is 0.258 e. The third kappa shape index (κ3) is 4.31. The highest BCUT2D eigenvalue weighted by molar-refractivity contribution is 6.04. The molecule has 0 saturated carbocycles. The van der Waals surface area contributed by atoms with Crippen LogP contribution < -0.4 is 10.2 Å². The van der Waals surface area contributed by atoms with Crippen LogP contribution in [0.2, 0.25) is 0 Å². The van der Waals surface area contributed by atoms with Crippen LogP contribution in [-0.2, 0) is 0 Å². The Morgan fingerprint density at radius 3 is 2.08 bits per heavy atom. The maximum Gasteiger partial charge on any atom is 0.258 e. The molecule has 0 saturated heterocycles. The van der Waals surface area contributed by atoms with Crippen molar-refractivity contribution in [3.05, 3.63) is 47.3 Å². The molecule has 1 aromatic heterocycles. The summed E-state index contributed by atoms with van der Waals surface area (Å²) in [6, 6.07) is 5.94. The molecule has 1 heterocycles. The van der Waals surface area contributed by atoms with Gasteiger partial charge in [0, 0.05) is 31.2 Å². The maximum absolute atomic E-state index is 12.4. The Balaban J connectivity index is 2.13. The van der Waals surface area contributed by atoms with E-state index in [9.17, 15) is 4.79 Å². The van der Waals surface area contributed by atoms with Gasteiger partial charge in [-0.05, 0) is 37.8 Å². The van der Waals surface area contributed by atoms with Crippen molar-refractivity contribution in [1.82, 2.24) is 9.97 Å². The minimum absolute atomic E-state index is 0.184. The number of anilines is 2. The largest absolute Gasteiger partial charge is 0.341 e. The highest BCUT2D eigenvalue weighted by atomic mass is 16.1. The third-order valence-electron chi connectivity index (χ3n) is 3.89. The Hall–Kier alpha value is -2.43. The van der Waals surface area contributed by atoms with Crippen molar-refractivity contribution in [2.45, 2.75) is 40.5 Å². The summed E-state index contributed by atoms with van der Waals surface area (Å²) in [7, 11) is 0. The fourth-order valence-corrected chi connectivity index (χ4v) is 2.65. The van der Waals surface area contributed by atoms with Gasteiger partial charge in [0.2, 0.25) is 5.95 Å². The first-order valence-corrected chi connectivity index (χ1v) is 8.51. The SMILES string of the molecule is CCCN(CCC)c1ncc(C(=O)Nc2c(C)cccc2C)cn1. The van der Waals surface area contributed by atoms with Crippen LogP contribution in [0.5, 0.6) is 0 Å². The molecular weight excluding hydrogens is 300 g/mol. The molecule has 0 aliphatic carbocycles.